The average molecular weight is 516 g/mol. The van der Waals surface area contributed by atoms with E-state index in [4.69, 9.17) is 5.73 Å². The summed E-state index contributed by atoms with van der Waals surface area (Å²) in [5, 5.41) is 66.8. The number of hydroxylamine groups is 2. The second-order valence-electron chi connectivity index (χ2n) is 10.5. The fourth-order valence-electron chi connectivity index (χ4n) is 6.65. The quantitative estimate of drug-likeness (QED) is 0.214. The maximum absolute atomic E-state index is 13.8. The van der Waals surface area contributed by atoms with Crippen LogP contribution in [0.1, 0.15) is 42.0 Å². The lowest BCUT2D eigenvalue weighted by atomic mass is 9.57. The highest BCUT2D eigenvalue weighted by Gasteiger charge is 2.64. The van der Waals surface area contributed by atoms with Crippen LogP contribution in [0.3, 0.4) is 0 Å². The van der Waals surface area contributed by atoms with Crippen LogP contribution in [0.2, 0.25) is 0 Å². The highest BCUT2D eigenvalue weighted by atomic mass is 16.5. The molecule has 0 radical (unpaired) electrons. The smallest absolute Gasteiger partial charge is 0.255 e. The van der Waals surface area contributed by atoms with E-state index in [2.05, 4.69) is 0 Å². The molecule has 1 saturated carbocycles. The van der Waals surface area contributed by atoms with Crippen molar-refractivity contribution < 1.29 is 45.1 Å². The Morgan fingerprint density at radius 1 is 1.19 bits per heavy atom. The zero-order chi connectivity index (χ0) is 27.1. The topological polar surface area (TPSA) is 205 Å². The molecule has 198 valence electrons. The van der Waals surface area contributed by atoms with Gasteiger partial charge >= 0.3 is 0 Å². The second kappa shape index (κ2) is 8.28. The number of amides is 1. The number of rotatable bonds is 3. The van der Waals surface area contributed by atoms with Crippen LogP contribution in [-0.2, 0) is 20.8 Å². The number of aliphatic hydroxyl groups excluding tert-OH is 2. The van der Waals surface area contributed by atoms with Crippen molar-refractivity contribution in [2.24, 2.45) is 17.6 Å². The predicted octanol–water partition coefficient (Wildman–Crippen LogP) is 0.196. The number of aliphatic hydroxyl groups is 3. The Bertz CT molecular complexity index is 1320. The molecule has 5 rings (SSSR count). The zero-order valence-corrected chi connectivity index (χ0v) is 20.3. The standard InChI is InChI=1S/C25H29N3O9/c1-27(2)18-12-7-9-6-11-16(14(29)8-10(19(11)30)13-4-3-5-28(13)37)20(31)15(9)22(33)25(12,36)23(34)17(21(18)32)24(26)35/h8-9,12-13,18,29-31,34,36-37H,3-7H2,1-2H3,(H2,26,35)/t9?,12-,13?,18?,25-/m0/s1. The minimum absolute atomic E-state index is 0.0279. The van der Waals surface area contributed by atoms with Crippen molar-refractivity contribution >= 4 is 23.2 Å². The van der Waals surface area contributed by atoms with E-state index in [1.807, 2.05) is 0 Å². The number of carbonyl (C=O) groups is 3. The first-order valence-electron chi connectivity index (χ1n) is 12.0. The van der Waals surface area contributed by atoms with Gasteiger partial charge in [-0.3, -0.25) is 19.3 Å². The third kappa shape index (κ3) is 3.26. The Labute approximate surface area is 211 Å². The van der Waals surface area contributed by atoms with E-state index in [0.717, 1.165) is 5.06 Å². The van der Waals surface area contributed by atoms with Gasteiger partial charge in [-0.2, -0.15) is 5.06 Å². The largest absolute Gasteiger partial charge is 0.508 e. The molecule has 8 N–H and O–H groups in total. The highest BCUT2D eigenvalue weighted by molar-refractivity contribution is 6.24. The van der Waals surface area contributed by atoms with Gasteiger partial charge in [0, 0.05) is 29.2 Å². The molecule has 37 heavy (non-hydrogen) atoms. The molecule has 3 unspecified atom stereocenters. The average Bonchev–Trinajstić information content (AvgIpc) is 3.23. The van der Waals surface area contributed by atoms with Crippen LogP contribution in [0.4, 0.5) is 0 Å². The second-order valence-corrected chi connectivity index (χ2v) is 10.5. The van der Waals surface area contributed by atoms with Crippen molar-refractivity contribution in [3.8, 4) is 11.5 Å². The zero-order valence-electron chi connectivity index (χ0n) is 20.3. The molecular weight excluding hydrogens is 486 g/mol. The number of carbonyl (C=O) groups excluding carboxylic acids is 3. The van der Waals surface area contributed by atoms with Gasteiger partial charge in [-0.1, -0.05) is 0 Å². The molecule has 3 aliphatic carbocycles. The molecule has 12 heteroatoms. The van der Waals surface area contributed by atoms with Gasteiger partial charge in [-0.25, -0.2) is 0 Å². The van der Waals surface area contributed by atoms with Crippen molar-refractivity contribution in [2.75, 3.05) is 20.6 Å². The first kappa shape index (κ1) is 25.2. The lowest BCUT2D eigenvalue weighted by Crippen LogP contribution is -2.65. The number of likely N-dealkylation sites (N-methyl/N-ethyl adjacent to an activating group) is 1. The summed E-state index contributed by atoms with van der Waals surface area (Å²) in [5.74, 6) is -7.76. The van der Waals surface area contributed by atoms with Gasteiger partial charge in [0.05, 0.1) is 17.6 Å². The van der Waals surface area contributed by atoms with Crippen LogP contribution >= 0.6 is 0 Å². The van der Waals surface area contributed by atoms with E-state index in [9.17, 15) is 45.1 Å². The number of hydrogen-bond donors (Lipinski definition) is 7. The molecule has 1 heterocycles. The number of aromatic hydroxyl groups is 2. The van der Waals surface area contributed by atoms with Gasteiger partial charge in [0.1, 0.15) is 28.6 Å². The molecule has 0 aromatic heterocycles. The minimum atomic E-state index is -2.72. The molecule has 0 spiro atoms. The molecule has 12 nitrogen and oxygen atoms in total. The fourth-order valence-corrected chi connectivity index (χ4v) is 6.65. The van der Waals surface area contributed by atoms with Gasteiger partial charge in [-0.05, 0) is 51.8 Å². The molecule has 1 amide bonds. The number of phenolic OH excluding ortho intramolecular Hbond substituents is 2. The maximum atomic E-state index is 13.8. The lowest BCUT2D eigenvalue weighted by Gasteiger charge is -2.50. The summed E-state index contributed by atoms with van der Waals surface area (Å²) in [5.41, 5.74) is 1.67. The summed E-state index contributed by atoms with van der Waals surface area (Å²) in [6, 6.07) is -0.531. The van der Waals surface area contributed by atoms with E-state index in [-0.39, 0.29) is 40.9 Å². The number of phenols is 2. The van der Waals surface area contributed by atoms with Crippen LogP contribution in [0.15, 0.2) is 23.0 Å². The first-order chi connectivity index (χ1) is 17.3. The number of nitrogens with two attached hydrogens (primary N) is 1. The summed E-state index contributed by atoms with van der Waals surface area (Å²) in [7, 11) is 3.04. The Balaban J connectivity index is 1.70. The van der Waals surface area contributed by atoms with Gasteiger partial charge in [-0.15, -0.1) is 0 Å². The molecule has 0 bridgehead atoms. The fraction of sp³-hybridized carbons (Fsp3) is 0.480. The highest BCUT2D eigenvalue weighted by Crippen LogP contribution is 2.54. The van der Waals surface area contributed by atoms with E-state index in [0.29, 0.717) is 19.4 Å². The number of benzene rings is 1. The molecule has 1 aliphatic heterocycles. The first-order valence-corrected chi connectivity index (χ1v) is 12.0. The van der Waals surface area contributed by atoms with Gasteiger partial charge in [0.15, 0.2) is 11.4 Å². The van der Waals surface area contributed by atoms with Crippen LogP contribution in [0.5, 0.6) is 11.5 Å². The van der Waals surface area contributed by atoms with Crippen LogP contribution < -0.4 is 5.73 Å². The van der Waals surface area contributed by atoms with E-state index in [1.165, 1.54) is 25.1 Å². The SMILES string of the molecule is CN(C)C1C(=O)C(C(N)=O)=C(O)[C@@]2(O)C(=O)C3=C(O)c4c(O)cc(C5CCCN5O)c(O)c4CC3C[C@@H]12. The minimum Gasteiger partial charge on any atom is -0.508 e. The van der Waals surface area contributed by atoms with Crippen molar-refractivity contribution in [3.63, 3.8) is 0 Å². The molecule has 2 fully saturated rings. The van der Waals surface area contributed by atoms with Gasteiger partial charge in [0.25, 0.3) is 5.91 Å². The summed E-state index contributed by atoms with van der Waals surface area (Å²) >= 11 is 0. The van der Waals surface area contributed by atoms with E-state index in [1.54, 1.807) is 0 Å². The number of Topliss-reactive ketones (excluding diaryl/α,β-unsaturated/α-hetero) is 2. The summed E-state index contributed by atoms with van der Waals surface area (Å²) < 4.78 is 0. The lowest BCUT2D eigenvalue weighted by molar-refractivity contribution is -0.153. The monoisotopic (exact) mass is 515 g/mol. The molecule has 1 aromatic rings. The van der Waals surface area contributed by atoms with E-state index >= 15 is 0 Å². The Morgan fingerprint density at radius 2 is 1.86 bits per heavy atom. The van der Waals surface area contributed by atoms with E-state index < -0.39 is 69.8 Å². The number of nitrogens with zero attached hydrogens (tertiary/aromatic N) is 2. The van der Waals surface area contributed by atoms with Crippen LogP contribution in [0.25, 0.3) is 5.76 Å². The third-order valence-electron chi connectivity index (χ3n) is 8.31. The van der Waals surface area contributed by atoms with Crippen molar-refractivity contribution in [3.05, 3.63) is 39.7 Å². The number of fused-ring (bicyclic) bond motifs is 3. The van der Waals surface area contributed by atoms with Crippen molar-refractivity contribution in [1.82, 2.24) is 9.96 Å². The predicted molar refractivity (Wildman–Crippen MR) is 126 cm³/mol. The summed E-state index contributed by atoms with van der Waals surface area (Å²) in [6.07, 6.45) is 1.11. The van der Waals surface area contributed by atoms with Crippen LogP contribution in [0, 0.1) is 11.8 Å². The van der Waals surface area contributed by atoms with Crippen molar-refractivity contribution in [2.45, 2.75) is 43.4 Å². The molecule has 4 aliphatic rings. The molecular formula is C25H29N3O9. The Hall–Kier alpha value is -3.45. The van der Waals surface area contributed by atoms with Gasteiger partial charge < -0.3 is 36.5 Å². The summed E-state index contributed by atoms with van der Waals surface area (Å²) in [6.45, 7) is 0.388. The Morgan fingerprint density at radius 3 is 2.43 bits per heavy atom. The third-order valence-corrected chi connectivity index (χ3v) is 8.31. The Kier molecular flexibility index (Phi) is 5.64. The van der Waals surface area contributed by atoms with Gasteiger partial charge in [0.2, 0.25) is 5.78 Å². The van der Waals surface area contributed by atoms with Crippen LogP contribution in [-0.4, -0.2) is 90.5 Å². The number of hydrogen-bond acceptors (Lipinski definition) is 11. The maximum Gasteiger partial charge on any atom is 0.255 e. The molecule has 1 aromatic carbocycles. The molecule has 5 atom stereocenters. The normalized spacial score (nSPS) is 32.0. The molecule has 1 saturated heterocycles. The van der Waals surface area contributed by atoms with Crippen molar-refractivity contribution in [1.29, 1.82) is 0 Å². The number of primary amides is 1. The summed E-state index contributed by atoms with van der Waals surface area (Å²) in [4.78, 5) is 40.3. The number of ketones is 2.